The highest BCUT2D eigenvalue weighted by Gasteiger charge is 2.22. The summed E-state index contributed by atoms with van der Waals surface area (Å²) in [6.45, 7) is 2.13. The molecule has 2 heterocycles. The van der Waals surface area contributed by atoms with Gasteiger partial charge in [-0.1, -0.05) is 6.92 Å². The standard InChI is InChI=1S/C10H12N2OS/c1-3-7-4-5-9(14-7)8-6-10(13)12(2)11-8/h4-5H,3,6H2,1-2H3. The lowest BCUT2D eigenvalue weighted by molar-refractivity contribution is -0.127. The van der Waals surface area contributed by atoms with Gasteiger partial charge in [0.05, 0.1) is 17.0 Å². The third-order valence-electron chi connectivity index (χ3n) is 2.24. The van der Waals surface area contributed by atoms with E-state index < -0.39 is 0 Å². The Bertz CT molecular complexity index is 395. The zero-order valence-corrected chi connectivity index (χ0v) is 9.10. The summed E-state index contributed by atoms with van der Waals surface area (Å²) in [5.74, 6) is 0.0754. The molecule has 1 aromatic rings. The molecule has 1 amide bonds. The van der Waals surface area contributed by atoms with Gasteiger partial charge in [0.1, 0.15) is 0 Å². The number of rotatable bonds is 2. The fourth-order valence-electron chi connectivity index (χ4n) is 1.39. The van der Waals surface area contributed by atoms with Crippen molar-refractivity contribution in [3.8, 4) is 0 Å². The van der Waals surface area contributed by atoms with Gasteiger partial charge in [-0.2, -0.15) is 5.10 Å². The van der Waals surface area contributed by atoms with E-state index in [1.807, 2.05) is 0 Å². The maximum Gasteiger partial charge on any atom is 0.248 e. The molecule has 0 saturated heterocycles. The zero-order chi connectivity index (χ0) is 10.1. The largest absolute Gasteiger partial charge is 0.273 e. The maximum atomic E-state index is 11.3. The number of hydrogen-bond donors (Lipinski definition) is 0. The molecule has 0 N–H and O–H groups in total. The van der Waals surface area contributed by atoms with Gasteiger partial charge in [0, 0.05) is 11.9 Å². The summed E-state index contributed by atoms with van der Waals surface area (Å²) in [5, 5.41) is 5.62. The summed E-state index contributed by atoms with van der Waals surface area (Å²) in [5.41, 5.74) is 0.905. The molecule has 0 radical (unpaired) electrons. The van der Waals surface area contributed by atoms with Crippen molar-refractivity contribution < 1.29 is 4.79 Å². The van der Waals surface area contributed by atoms with E-state index >= 15 is 0 Å². The lowest BCUT2D eigenvalue weighted by atomic mass is 10.2. The molecule has 1 aromatic heterocycles. The Kier molecular flexibility index (Phi) is 2.37. The van der Waals surface area contributed by atoms with E-state index in [0.29, 0.717) is 6.42 Å². The van der Waals surface area contributed by atoms with Crippen LogP contribution in [0.5, 0.6) is 0 Å². The molecule has 1 aliphatic rings. The first-order chi connectivity index (χ1) is 6.70. The first-order valence-corrected chi connectivity index (χ1v) is 5.45. The molecule has 4 heteroatoms. The smallest absolute Gasteiger partial charge is 0.248 e. The number of aryl methyl sites for hydroxylation is 1. The Morgan fingerprint density at radius 2 is 2.36 bits per heavy atom. The molecule has 0 aromatic carbocycles. The third-order valence-corrected chi connectivity index (χ3v) is 3.52. The van der Waals surface area contributed by atoms with E-state index in [4.69, 9.17) is 0 Å². The number of carbonyl (C=O) groups excluding carboxylic acids is 1. The average Bonchev–Trinajstić information content (AvgIpc) is 2.74. The molecule has 0 unspecified atom stereocenters. The van der Waals surface area contributed by atoms with Crippen molar-refractivity contribution >= 4 is 23.0 Å². The van der Waals surface area contributed by atoms with Gasteiger partial charge < -0.3 is 0 Å². The number of amides is 1. The highest BCUT2D eigenvalue weighted by atomic mass is 32.1. The Morgan fingerprint density at radius 3 is 2.86 bits per heavy atom. The van der Waals surface area contributed by atoms with Crippen molar-refractivity contribution in [2.24, 2.45) is 5.10 Å². The summed E-state index contributed by atoms with van der Waals surface area (Å²) < 4.78 is 0. The van der Waals surface area contributed by atoms with E-state index in [2.05, 4.69) is 24.2 Å². The second kappa shape index (κ2) is 3.53. The molecule has 0 fully saturated rings. The van der Waals surface area contributed by atoms with Crippen LogP contribution >= 0.6 is 11.3 Å². The molecular formula is C10H12N2OS. The number of thiophene rings is 1. The summed E-state index contributed by atoms with van der Waals surface area (Å²) in [6, 6.07) is 4.15. The zero-order valence-electron chi connectivity index (χ0n) is 8.28. The molecule has 3 nitrogen and oxygen atoms in total. The second-order valence-corrected chi connectivity index (χ2v) is 4.43. The highest BCUT2D eigenvalue weighted by molar-refractivity contribution is 7.14. The van der Waals surface area contributed by atoms with E-state index in [-0.39, 0.29) is 5.91 Å². The number of hydrogen-bond acceptors (Lipinski definition) is 3. The summed E-state index contributed by atoms with van der Waals surface area (Å²) in [4.78, 5) is 13.7. The number of carbonyl (C=O) groups is 1. The van der Waals surface area contributed by atoms with Crippen molar-refractivity contribution in [1.29, 1.82) is 0 Å². The molecule has 0 atom stereocenters. The number of nitrogens with zero attached hydrogens (tertiary/aromatic N) is 2. The van der Waals surface area contributed by atoms with Crippen LogP contribution in [-0.2, 0) is 11.2 Å². The van der Waals surface area contributed by atoms with Gasteiger partial charge in [0.15, 0.2) is 0 Å². The van der Waals surface area contributed by atoms with E-state index in [0.717, 1.165) is 17.0 Å². The molecule has 0 spiro atoms. The minimum absolute atomic E-state index is 0.0754. The van der Waals surface area contributed by atoms with Gasteiger partial charge in [0.25, 0.3) is 0 Å². The average molecular weight is 208 g/mol. The van der Waals surface area contributed by atoms with E-state index in [9.17, 15) is 4.79 Å². The van der Waals surface area contributed by atoms with Crippen molar-refractivity contribution in [1.82, 2.24) is 5.01 Å². The molecular weight excluding hydrogens is 196 g/mol. The molecule has 14 heavy (non-hydrogen) atoms. The van der Waals surface area contributed by atoms with Crippen LogP contribution < -0.4 is 0 Å². The van der Waals surface area contributed by atoms with Crippen LogP contribution in [0.4, 0.5) is 0 Å². The molecule has 74 valence electrons. The van der Waals surface area contributed by atoms with Crippen LogP contribution in [0.1, 0.15) is 23.1 Å². The van der Waals surface area contributed by atoms with Crippen LogP contribution in [0, 0.1) is 0 Å². The van der Waals surface area contributed by atoms with Crippen molar-refractivity contribution in [3.63, 3.8) is 0 Å². The first kappa shape index (κ1) is 9.40. The minimum atomic E-state index is 0.0754. The Balaban J connectivity index is 2.24. The Labute approximate surface area is 87.0 Å². The molecule has 0 aliphatic carbocycles. The van der Waals surface area contributed by atoms with Crippen molar-refractivity contribution in [2.45, 2.75) is 19.8 Å². The Hall–Kier alpha value is -1.16. The quantitative estimate of drug-likeness (QED) is 0.730. The monoisotopic (exact) mass is 208 g/mol. The molecule has 0 saturated carbocycles. The minimum Gasteiger partial charge on any atom is -0.273 e. The molecule has 1 aliphatic heterocycles. The predicted octanol–water partition coefficient (Wildman–Crippen LogP) is 1.88. The first-order valence-electron chi connectivity index (χ1n) is 4.64. The van der Waals surface area contributed by atoms with Crippen LogP contribution in [0.2, 0.25) is 0 Å². The van der Waals surface area contributed by atoms with Crippen LogP contribution in [0.3, 0.4) is 0 Å². The van der Waals surface area contributed by atoms with Gasteiger partial charge in [-0.15, -0.1) is 11.3 Å². The highest BCUT2D eigenvalue weighted by Crippen LogP contribution is 2.22. The second-order valence-electron chi connectivity index (χ2n) is 3.26. The lowest BCUT2D eigenvalue weighted by Crippen LogP contribution is -2.13. The van der Waals surface area contributed by atoms with E-state index in [1.54, 1.807) is 18.4 Å². The summed E-state index contributed by atoms with van der Waals surface area (Å²) in [7, 11) is 1.70. The third kappa shape index (κ3) is 1.57. The normalized spacial score (nSPS) is 16.3. The van der Waals surface area contributed by atoms with Gasteiger partial charge >= 0.3 is 0 Å². The lowest BCUT2D eigenvalue weighted by Gasteiger charge is -1.98. The van der Waals surface area contributed by atoms with Crippen LogP contribution in [0.25, 0.3) is 0 Å². The Morgan fingerprint density at radius 1 is 1.57 bits per heavy atom. The van der Waals surface area contributed by atoms with Crippen LogP contribution in [0.15, 0.2) is 17.2 Å². The van der Waals surface area contributed by atoms with Gasteiger partial charge in [-0.25, -0.2) is 5.01 Å². The predicted molar refractivity (Wildman–Crippen MR) is 57.6 cm³/mol. The van der Waals surface area contributed by atoms with Crippen molar-refractivity contribution in [3.05, 3.63) is 21.9 Å². The van der Waals surface area contributed by atoms with Crippen LogP contribution in [-0.4, -0.2) is 23.7 Å². The number of hydrazone groups is 1. The fraction of sp³-hybridized carbons (Fsp3) is 0.400. The SMILES string of the molecule is CCc1ccc(C2=NN(C)C(=O)C2)s1. The molecule has 2 rings (SSSR count). The van der Waals surface area contributed by atoms with Gasteiger partial charge in [0.2, 0.25) is 5.91 Å². The van der Waals surface area contributed by atoms with E-state index in [1.165, 1.54) is 9.89 Å². The van der Waals surface area contributed by atoms with Gasteiger partial charge in [-0.05, 0) is 18.6 Å². The topological polar surface area (TPSA) is 32.7 Å². The maximum absolute atomic E-state index is 11.3. The summed E-state index contributed by atoms with van der Waals surface area (Å²) >= 11 is 1.72. The van der Waals surface area contributed by atoms with Gasteiger partial charge in [-0.3, -0.25) is 4.79 Å². The fourth-order valence-corrected chi connectivity index (χ4v) is 2.32. The van der Waals surface area contributed by atoms with Crippen molar-refractivity contribution in [2.75, 3.05) is 7.05 Å². The molecule has 0 bridgehead atoms. The summed E-state index contributed by atoms with van der Waals surface area (Å²) in [6.07, 6.45) is 1.49.